The molecule has 1 aliphatic rings. The van der Waals surface area contributed by atoms with Crippen molar-refractivity contribution in [2.45, 2.75) is 18.9 Å². The van der Waals surface area contributed by atoms with E-state index in [0.717, 1.165) is 13.0 Å². The van der Waals surface area contributed by atoms with E-state index in [1.165, 1.54) is 4.90 Å². The van der Waals surface area contributed by atoms with Crippen LogP contribution in [0.25, 0.3) is 0 Å². The van der Waals surface area contributed by atoms with Crippen molar-refractivity contribution in [2.24, 2.45) is 0 Å². The van der Waals surface area contributed by atoms with Crippen LogP contribution in [0.1, 0.15) is 12.1 Å². The van der Waals surface area contributed by atoms with E-state index in [2.05, 4.69) is 4.98 Å². The lowest BCUT2D eigenvalue weighted by Gasteiger charge is -2.41. The van der Waals surface area contributed by atoms with Crippen LogP contribution in [-0.4, -0.2) is 66.5 Å². The second kappa shape index (κ2) is 7.17. The third-order valence-corrected chi connectivity index (χ3v) is 3.68. The number of hydrogen-bond donors (Lipinski definition) is 0. The van der Waals surface area contributed by atoms with Crippen LogP contribution in [0.2, 0.25) is 0 Å². The first kappa shape index (κ1) is 15.4. The van der Waals surface area contributed by atoms with Gasteiger partial charge < -0.3 is 14.5 Å². The Morgan fingerprint density at radius 3 is 2.86 bits per heavy atom. The maximum absolute atomic E-state index is 12.1. The normalized spacial score (nSPS) is 17.2. The summed E-state index contributed by atoms with van der Waals surface area (Å²) in [6.45, 7) is 1.40. The quantitative estimate of drug-likeness (QED) is 0.758. The molecule has 2 amide bonds. The Balaban J connectivity index is 1.82. The molecule has 21 heavy (non-hydrogen) atoms. The number of likely N-dealkylation sites (N-methyl/N-ethyl adjacent to an activating group) is 1. The molecule has 1 aromatic rings. The average molecular weight is 291 g/mol. The average Bonchev–Trinajstić information content (AvgIpc) is 2.44. The molecular formula is C15H21N3O3. The summed E-state index contributed by atoms with van der Waals surface area (Å²) in [7, 11) is 3.28. The first-order valence-electron chi connectivity index (χ1n) is 7.04. The molecule has 0 N–H and O–H groups in total. The molecule has 2 heterocycles. The van der Waals surface area contributed by atoms with E-state index in [9.17, 15) is 9.59 Å². The first-order chi connectivity index (χ1) is 10.1. The van der Waals surface area contributed by atoms with E-state index in [1.807, 2.05) is 6.07 Å². The summed E-state index contributed by atoms with van der Waals surface area (Å²) in [5.41, 5.74) is 0.711. The molecule has 1 atom stereocenters. The Hall–Kier alpha value is -1.95. The summed E-state index contributed by atoms with van der Waals surface area (Å²) in [4.78, 5) is 31.6. The predicted octanol–water partition coefficient (Wildman–Crippen LogP) is 0.330. The number of methoxy groups -OCH3 is 1. The number of likely N-dealkylation sites (tertiary alicyclic amines) is 1. The van der Waals surface area contributed by atoms with E-state index in [0.29, 0.717) is 12.3 Å². The fraction of sp³-hybridized carbons (Fsp3) is 0.533. The van der Waals surface area contributed by atoms with Gasteiger partial charge in [-0.05, 0) is 18.6 Å². The standard InChI is InChI=1S/C15H21N3O3/c1-17(14(19)9-12-5-3-4-7-16-12)10-15(20)18-8-6-13(18)11-21-2/h3-5,7,13H,6,8-11H2,1-2H3. The fourth-order valence-corrected chi connectivity index (χ4v) is 2.31. The SMILES string of the molecule is COCC1CCN1C(=O)CN(C)C(=O)Cc1ccccn1. The highest BCUT2D eigenvalue weighted by molar-refractivity contribution is 5.86. The Morgan fingerprint density at radius 1 is 1.48 bits per heavy atom. The minimum atomic E-state index is -0.106. The number of rotatable bonds is 6. The molecule has 6 nitrogen and oxygen atoms in total. The molecule has 1 unspecified atom stereocenters. The van der Waals surface area contributed by atoms with Crippen molar-refractivity contribution in [3.05, 3.63) is 30.1 Å². The van der Waals surface area contributed by atoms with Crippen molar-refractivity contribution in [1.29, 1.82) is 0 Å². The zero-order chi connectivity index (χ0) is 15.2. The summed E-state index contributed by atoms with van der Waals surface area (Å²) in [6.07, 6.45) is 2.83. The van der Waals surface area contributed by atoms with Gasteiger partial charge in [-0.2, -0.15) is 0 Å². The maximum atomic E-state index is 12.1. The number of aromatic nitrogens is 1. The van der Waals surface area contributed by atoms with Crippen molar-refractivity contribution in [1.82, 2.24) is 14.8 Å². The number of carbonyl (C=O) groups is 2. The minimum Gasteiger partial charge on any atom is -0.383 e. The smallest absolute Gasteiger partial charge is 0.242 e. The predicted molar refractivity (Wildman–Crippen MR) is 77.6 cm³/mol. The lowest BCUT2D eigenvalue weighted by molar-refractivity contribution is -0.145. The van der Waals surface area contributed by atoms with Crippen LogP contribution in [0.3, 0.4) is 0 Å². The van der Waals surface area contributed by atoms with Gasteiger partial charge in [0.25, 0.3) is 0 Å². The van der Waals surface area contributed by atoms with Crippen LogP contribution in [0.4, 0.5) is 0 Å². The molecule has 0 aliphatic carbocycles. The van der Waals surface area contributed by atoms with Crippen LogP contribution in [0.15, 0.2) is 24.4 Å². The van der Waals surface area contributed by atoms with Crippen LogP contribution in [0.5, 0.6) is 0 Å². The Kier molecular flexibility index (Phi) is 5.27. The van der Waals surface area contributed by atoms with Gasteiger partial charge in [0.05, 0.1) is 25.6 Å². The molecule has 0 aromatic carbocycles. The van der Waals surface area contributed by atoms with Gasteiger partial charge in [-0.1, -0.05) is 6.07 Å². The van der Waals surface area contributed by atoms with E-state index in [1.54, 1.807) is 37.4 Å². The molecule has 0 saturated carbocycles. The van der Waals surface area contributed by atoms with Crippen molar-refractivity contribution < 1.29 is 14.3 Å². The number of ether oxygens (including phenoxy) is 1. The van der Waals surface area contributed by atoms with Crippen LogP contribution in [-0.2, 0) is 20.7 Å². The van der Waals surface area contributed by atoms with E-state index >= 15 is 0 Å². The van der Waals surface area contributed by atoms with Crippen LogP contribution < -0.4 is 0 Å². The molecule has 0 radical (unpaired) electrons. The molecule has 2 rings (SSSR count). The van der Waals surface area contributed by atoms with Crippen molar-refractivity contribution in [2.75, 3.05) is 33.9 Å². The number of nitrogens with zero attached hydrogens (tertiary/aromatic N) is 3. The van der Waals surface area contributed by atoms with E-state index in [4.69, 9.17) is 4.74 Å². The first-order valence-corrected chi connectivity index (χ1v) is 7.04. The van der Waals surface area contributed by atoms with Gasteiger partial charge in [-0.25, -0.2) is 0 Å². The second-order valence-corrected chi connectivity index (χ2v) is 5.23. The molecule has 114 valence electrons. The van der Waals surface area contributed by atoms with Crippen molar-refractivity contribution >= 4 is 11.8 Å². The van der Waals surface area contributed by atoms with Crippen LogP contribution >= 0.6 is 0 Å². The Labute approximate surface area is 124 Å². The minimum absolute atomic E-state index is 0.0276. The molecule has 1 aliphatic heterocycles. The monoisotopic (exact) mass is 291 g/mol. The second-order valence-electron chi connectivity index (χ2n) is 5.23. The van der Waals surface area contributed by atoms with E-state index < -0.39 is 0 Å². The lowest BCUT2D eigenvalue weighted by atomic mass is 10.0. The molecule has 1 fully saturated rings. The molecule has 6 heteroatoms. The highest BCUT2D eigenvalue weighted by atomic mass is 16.5. The largest absolute Gasteiger partial charge is 0.383 e. The van der Waals surface area contributed by atoms with Gasteiger partial charge in [0, 0.05) is 32.6 Å². The van der Waals surface area contributed by atoms with Gasteiger partial charge in [-0.15, -0.1) is 0 Å². The summed E-state index contributed by atoms with van der Waals surface area (Å²) in [5.74, 6) is -0.133. The van der Waals surface area contributed by atoms with Gasteiger partial charge in [0.15, 0.2) is 0 Å². The number of carbonyl (C=O) groups excluding carboxylic acids is 2. The van der Waals surface area contributed by atoms with Crippen molar-refractivity contribution in [3.63, 3.8) is 0 Å². The number of pyridine rings is 1. The summed E-state index contributed by atoms with van der Waals surface area (Å²) in [5, 5.41) is 0. The number of amides is 2. The molecule has 1 aromatic heterocycles. The van der Waals surface area contributed by atoms with Gasteiger partial charge in [0.2, 0.25) is 11.8 Å². The Bertz CT molecular complexity index is 492. The third-order valence-electron chi connectivity index (χ3n) is 3.68. The topological polar surface area (TPSA) is 62.7 Å². The molecule has 0 bridgehead atoms. The molecular weight excluding hydrogens is 270 g/mol. The maximum Gasteiger partial charge on any atom is 0.242 e. The summed E-state index contributed by atoms with van der Waals surface area (Å²) < 4.78 is 5.07. The zero-order valence-corrected chi connectivity index (χ0v) is 12.5. The zero-order valence-electron chi connectivity index (χ0n) is 12.5. The summed E-state index contributed by atoms with van der Waals surface area (Å²) >= 11 is 0. The highest BCUT2D eigenvalue weighted by Crippen LogP contribution is 2.17. The number of hydrogen-bond acceptors (Lipinski definition) is 4. The molecule has 1 saturated heterocycles. The summed E-state index contributed by atoms with van der Waals surface area (Å²) in [6, 6.07) is 5.61. The van der Waals surface area contributed by atoms with Crippen molar-refractivity contribution in [3.8, 4) is 0 Å². The fourth-order valence-electron chi connectivity index (χ4n) is 2.31. The Morgan fingerprint density at radius 2 is 2.29 bits per heavy atom. The third kappa shape index (κ3) is 4.01. The van der Waals surface area contributed by atoms with Gasteiger partial charge in [-0.3, -0.25) is 14.6 Å². The van der Waals surface area contributed by atoms with Gasteiger partial charge in [0.1, 0.15) is 0 Å². The molecule has 0 spiro atoms. The van der Waals surface area contributed by atoms with Crippen LogP contribution in [0, 0.1) is 0 Å². The van der Waals surface area contributed by atoms with E-state index in [-0.39, 0.29) is 30.8 Å². The lowest BCUT2D eigenvalue weighted by Crippen LogP contribution is -2.56. The van der Waals surface area contributed by atoms with Gasteiger partial charge >= 0.3 is 0 Å². The highest BCUT2D eigenvalue weighted by Gasteiger charge is 2.32.